The molecule has 1 heterocycles. The fourth-order valence-electron chi connectivity index (χ4n) is 3.78. The van der Waals surface area contributed by atoms with Crippen LogP contribution in [0.5, 0.6) is 5.75 Å². The van der Waals surface area contributed by atoms with E-state index in [1.807, 2.05) is 38.1 Å². The highest BCUT2D eigenvalue weighted by molar-refractivity contribution is 7.92. The molecule has 4 rings (SSSR count). The van der Waals surface area contributed by atoms with E-state index in [1.54, 1.807) is 12.1 Å². The first-order valence-corrected chi connectivity index (χ1v) is 12.5. The van der Waals surface area contributed by atoms with Crippen molar-refractivity contribution < 1.29 is 13.2 Å². The number of rotatable bonds is 7. The third kappa shape index (κ3) is 4.43. The molecule has 3 aromatic rings. The Morgan fingerprint density at radius 1 is 1.28 bits per heavy atom. The van der Waals surface area contributed by atoms with Gasteiger partial charge in [0.25, 0.3) is 0 Å². The summed E-state index contributed by atoms with van der Waals surface area (Å²) >= 11 is 1.44. The molecule has 0 fully saturated rings. The second-order valence-electron chi connectivity index (χ2n) is 7.70. The van der Waals surface area contributed by atoms with Crippen LogP contribution >= 0.6 is 11.3 Å². The van der Waals surface area contributed by atoms with Gasteiger partial charge in [0, 0.05) is 22.6 Å². The van der Waals surface area contributed by atoms with Crippen LogP contribution in [0.2, 0.25) is 0 Å². The number of nitrogens with one attached hydrogen (secondary N) is 1. The average Bonchev–Trinajstić information content (AvgIpc) is 3.41. The molecule has 1 aromatic heterocycles. The lowest BCUT2D eigenvalue weighted by Gasteiger charge is -2.13. The van der Waals surface area contributed by atoms with Crippen molar-refractivity contribution in [3.63, 3.8) is 0 Å². The number of hydrogen-bond donors (Lipinski definition) is 1. The van der Waals surface area contributed by atoms with Gasteiger partial charge in [-0.1, -0.05) is 36.1 Å². The molecular weight excluding hydrogens is 444 g/mol. The van der Waals surface area contributed by atoms with Gasteiger partial charge in [0.2, 0.25) is 10.0 Å². The fourth-order valence-corrected chi connectivity index (χ4v) is 5.41. The molecule has 164 valence electrons. The summed E-state index contributed by atoms with van der Waals surface area (Å²) < 4.78 is 32.2. The number of nitriles is 1. The molecule has 1 N–H and O–H groups in total. The van der Waals surface area contributed by atoms with Gasteiger partial charge in [0.05, 0.1) is 11.7 Å². The lowest BCUT2D eigenvalue weighted by molar-refractivity contribution is 0.242. The minimum atomic E-state index is -3.52. The molecule has 1 aliphatic carbocycles. The third-order valence-corrected chi connectivity index (χ3v) is 7.22. The molecule has 0 bridgehead atoms. The zero-order chi connectivity index (χ0) is 22.9. The van der Waals surface area contributed by atoms with Crippen molar-refractivity contribution in [2.45, 2.75) is 38.8 Å². The van der Waals surface area contributed by atoms with E-state index in [9.17, 15) is 13.7 Å². The Morgan fingerprint density at radius 3 is 2.78 bits per heavy atom. The minimum absolute atomic E-state index is 0.0268. The lowest BCUT2D eigenvalue weighted by atomic mass is 10.0. The maximum Gasteiger partial charge on any atom is 0.233 e. The highest BCUT2D eigenvalue weighted by Gasteiger charge is 2.28. The second-order valence-corrected chi connectivity index (χ2v) is 10.3. The van der Waals surface area contributed by atoms with Gasteiger partial charge in [-0.15, -0.1) is 10.2 Å². The molecule has 0 spiro atoms. The Labute approximate surface area is 191 Å². The van der Waals surface area contributed by atoms with Crippen LogP contribution in [0.4, 0.5) is 0 Å². The quantitative estimate of drug-likeness (QED) is 0.546. The Hall–Kier alpha value is -3.06. The van der Waals surface area contributed by atoms with E-state index in [0.29, 0.717) is 22.7 Å². The summed E-state index contributed by atoms with van der Waals surface area (Å²) in [5.41, 5.74) is 4.22. The van der Waals surface area contributed by atoms with E-state index in [2.05, 4.69) is 27.6 Å². The maximum atomic E-state index is 11.9. The van der Waals surface area contributed by atoms with E-state index in [-0.39, 0.29) is 12.1 Å². The van der Waals surface area contributed by atoms with Gasteiger partial charge in [-0.3, -0.25) is 0 Å². The molecule has 0 aliphatic heterocycles. The van der Waals surface area contributed by atoms with Crippen LogP contribution in [0.25, 0.3) is 21.1 Å². The van der Waals surface area contributed by atoms with E-state index < -0.39 is 10.0 Å². The summed E-state index contributed by atoms with van der Waals surface area (Å²) in [4.78, 5) is 0. The molecule has 0 saturated heterocycles. The lowest BCUT2D eigenvalue weighted by Crippen LogP contribution is -2.25. The van der Waals surface area contributed by atoms with Gasteiger partial charge in [-0.2, -0.15) is 5.26 Å². The Balaban J connectivity index is 1.65. The average molecular weight is 467 g/mol. The second kappa shape index (κ2) is 8.82. The number of aromatic nitrogens is 2. The van der Waals surface area contributed by atoms with Crippen molar-refractivity contribution in [3.8, 4) is 33.0 Å². The summed E-state index contributed by atoms with van der Waals surface area (Å²) in [5.74, 6) is 0.546. The molecule has 0 amide bonds. The maximum absolute atomic E-state index is 11.9. The number of nitrogens with zero attached hydrogens (tertiary/aromatic N) is 3. The van der Waals surface area contributed by atoms with E-state index in [4.69, 9.17) is 4.74 Å². The summed E-state index contributed by atoms with van der Waals surface area (Å²) in [6.45, 7) is 7.19. The van der Waals surface area contributed by atoms with Crippen LogP contribution in [0, 0.1) is 11.3 Å². The minimum Gasteiger partial charge on any atom is -0.490 e. The molecule has 7 nitrogen and oxygen atoms in total. The summed E-state index contributed by atoms with van der Waals surface area (Å²) in [6.07, 6.45) is 1.39. The van der Waals surface area contributed by atoms with E-state index >= 15 is 0 Å². The largest absolute Gasteiger partial charge is 0.490 e. The van der Waals surface area contributed by atoms with Crippen LogP contribution in [0.15, 0.2) is 48.4 Å². The highest BCUT2D eigenvalue weighted by Crippen LogP contribution is 2.40. The van der Waals surface area contributed by atoms with E-state index in [0.717, 1.165) is 39.1 Å². The van der Waals surface area contributed by atoms with Crippen molar-refractivity contribution in [2.75, 3.05) is 0 Å². The molecule has 0 unspecified atom stereocenters. The van der Waals surface area contributed by atoms with Gasteiger partial charge in [-0.05, 0) is 56.0 Å². The number of fused-ring (bicyclic) bond motifs is 1. The molecule has 2 aromatic carbocycles. The van der Waals surface area contributed by atoms with Crippen LogP contribution in [-0.4, -0.2) is 24.7 Å². The molecular formula is C23H22N4O3S2. The SMILES string of the molecule is C=CS(=O)(=O)N[C@@H]1CCc2c(-c3nnc(-c4ccc(OC(C)C)c(C#N)c4)s3)cccc21. The number of sulfonamides is 1. The van der Waals surface area contributed by atoms with E-state index in [1.165, 1.54) is 11.3 Å². The van der Waals surface area contributed by atoms with Gasteiger partial charge in [-0.25, -0.2) is 13.1 Å². The van der Waals surface area contributed by atoms with Gasteiger partial charge >= 0.3 is 0 Å². The molecule has 1 aliphatic rings. The Bertz CT molecular complexity index is 1320. The number of benzene rings is 2. The van der Waals surface area contributed by atoms with Crippen molar-refractivity contribution in [1.29, 1.82) is 5.26 Å². The molecule has 9 heteroatoms. The predicted molar refractivity (Wildman–Crippen MR) is 125 cm³/mol. The van der Waals surface area contributed by atoms with Gasteiger partial charge in [0.1, 0.15) is 21.8 Å². The van der Waals surface area contributed by atoms with Crippen LogP contribution in [0.3, 0.4) is 0 Å². The van der Waals surface area contributed by atoms with Crippen molar-refractivity contribution in [3.05, 3.63) is 65.1 Å². The first kappa shape index (κ1) is 22.1. The predicted octanol–water partition coefficient (Wildman–Crippen LogP) is 4.58. The normalized spacial score (nSPS) is 15.4. The smallest absolute Gasteiger partial charge is 0.233 e. The van der Waals surface area contributed by atoms with Crippen LogP contribution in [-0.2, 0) is 16.4 Å². The van der Waals surface area contributed by atoms with Gasteiger partial charge in [0.15, 0.2) is 0 Å². The van der Waals surface area contributed by atoms with Crippen molar-refractivity contribution in [2.24, 2.45) is 0 Å². The first-order valence-electron chi connectivity index (χ1n) is 10.1. The van der Waals surface area contributed by atoms with Crippen molar-refractivity contribution >= 4 is 21.4 Å². The number of hydrogen-bond acceptors (Lipinski definition) is 7. The zero-order valence-electron chi connectivity index (χ0n) is 17.7. The standard InChI is InChI=1S/C23H22N4O3S2/c1-4-32(28,29)27-20-10-9-17-18(20)6-5-7-19(17)23-26-25-22(31-23)15-8-11-21(30-14(2)3)16(12-15)13-24/h4-8,11-12,14,20,27H,1,9-10H2,2-3H3/t20-/m1/s1. The first-order chi connectivity index (χ1) is 15.3. The Kier molecular flexibility index (Phi) is 6.11. The molecule has 1 atom stereocenters. The summed E-state index contributed by atoms with van der Waals surface area (Å²) in [7, 11) is -3.52. The van der Waals surface area contributed by atoms with Crippen LogP contribution < -0.4 is 9.46 Å². The zero-order valence-corrected chi connectivity index (χ0v) is 19.3. The monoisotopic (exact) mass is 466 g/mol. The van der Waals surface area contributed by atoms with Crippen molar-refractivity contribution in [1.82, 2.24) is 14.9 Å². The molecule has 32 heavy (non-hydrogen) atoms. The molecule has 0 saturated carbocycles. The molecule has 0 radical (unpaired) electrons. The number of ether oxygens (including phenoxy) is 1. The van der Waals surface area contributed by atoms with Crippen LogP contribution in [0.1, 0.15) is 43.0 Å². The Morgan fingerprint density at radius 2 is 2.06 bits per heavy atom. The van der Waals surface area contributed by atoms with Gasteiger partial charge < -0.3 is 4.74 Å². The highest BCUT2D eigenvalue weighted by atomic mass is 32.2. The summed E-state index contributed by atoms with van der Waals surface area (Å²) in [6, 6.07) is 13.1. The fraction of sp³-hybridized carbons (Fsp3) is 0.261. The third-order valence-electron chi connectivity index (χ3n) is 5.16. The summed E-state index contributed by atoms with van der Waals surface area (Å²) in [5, 5.41) is 20.6. The topological polar surface area (TPSA) is 105 Å².